The van der Waals surface area contributed by atoms with Gasteiger partial charge < -0.3 is 20.0 Å². The van der Waals surface area contributed by atoms with Gasteiger partial charge in [0, 0.05) is 31.8 Å². The number of aromatic nitrogens is 2. The molecule has 46 heavy (non-hydrogen) atoms. The van der Waals surface area contributed by atoms with Gasteiger partial charge in [0.15, 0.2) is 0 Å². The molecule has 0 saturated heterocycles. The molecule has 0 fully saturated rings. The van der Waals surface area contributed by atoms with Crippen molar-refractivity contribution in [3.8, 4) is 11.1 Å². The number of H-pyrrole nitrogens is 2. The summed E-state index contributed by atoms with van der Waals surface area (Å²) in [6, 6.07) is 18.7. The molecule has 0 spiro atoms. The zero-order valence-electron chi connectivity index (χ0n) is 22.7. The number of nitrogens with one attached hydrogen (secondary N) is 2. The van der Waals surface area contributed by atoms with E-state index in [1.54, 1.807) is 12.1 Å². The summed E-state index contributed by atoms with van der Waals surface area (Å²) < 4.78 is 101. The number of rotatable bonds is 2. The van der Waals surface area contributed by atoms with Crippen LogP contribution in [0.4, 0.5) is 35.1 Å². The smallest absolute Gasteiger partial charge is 0.423 e. The summed E-state index contributed by atoms with van der Waals surface area (Å²) in [5, 5.41) is 18.6. The van der Waals surface area contributed by atoms with Crippen LogP contribution in [0.15, 0.2) is 89.4 Å². The molecule has 2 heterocycles. The van der Waals surface area contributed by atoms with Gasteiger partial charge >= 0.3 is 19.5 Å². The summed E-state index contributed by atoms with van der Waals surface area (Å²) in [6.07, 6.45) is -8.81. The number of halogens is 11. The minimum Gasteiger partial charge on any atom is -0.423 e. The maximum Gasteiger partial charge on any atom is 0.488 e. The van der Waals surface area contributed by atoms with Gasteiger partial charge in [-0.15, -0.1) is 0 Å². The summed E-state index contributed by atoms with van der Waals surface area (Å²) in [7, 11) is -1.51. The van der Waals surface area contributed by atoms with Crippen LogP contribution in [0.3, 0.4) is 0 Å². The highest BCUT2D eigenvalue weighted by Crippen LogP contribution is 2.37. The Balaban J connectivity index is 0.000000168. The van der Waals surface area contributed by atoms with Gasteiger partial charge in [-0.1, -0.05) is 47.5 Å². The van der Waals surface area contributed by atoms with Gasteiger partial charge in [0.25, 0.3) is 0 Å². The fourth-order valence-electron chi connectivity index (χ4n) is 4.07. The maximum absolute atomic E-state index is 12.9. The van der Waals surface area contributed by atoms with Gasteiger partial charge in [-0.25, -0.2) is 8.78 Å². The molecular weight excluding hydrogens is 734 g/mol. The van der Waals surface area contributed by atoms with Crippen LogP contribution in [-0.2, 0) is 12.4 Å². The van der Waals surface area contributed by atoms with E-state index < -0.39 is 36.7 Å². The van der Waals surface area contributed by atoms with Crippen LogP contribution in [0.1, 0.15) is 11.4 Å². The summed E-state index contributed by atoms with van der Waals surface area (Å²) >= 11 is 15.0. The van der Waals surface area contributed by atoms with Crippen molar-refractivity contribution in [3.63, 3.8) is 0 Å². The maximum atomic E-state index is 12.9. The average molecular weight is 752 g/mol. The SMILES string of the molecule is FC(F)(F)c1cc2cc(Br)c(Cl)cc2[nH]1.Fc1ccc(-c2cc3cc(C(F)(F)F)[nH]c3cc2Cl)cc1.OB(O)c1ccc(F)cc1. The van der Waals surface area contributed by atoms with Crippen molar-refractivity contribution in [2.24, 2.45) is 0 Å². The molecule has 240 valence electrons. The molecule has 4 N–H and O–H groups in total. The van der Waals surface area contributed by atoms with Crippen LogP contribution in [0, 0.1) is 11.6 Å². The lowest BCUT2D eigenvalue weighted by Crippen LogP contribution is -2.29. The van der Waals surface area contributed by atoms with Gasteiger partial charge in [-0.3, -0.25) is 0 Å². The molecule has 16 heteroatoms. The quantitative estimate of drug-likeness (QED) is 0.105. The molecule has 4 aromatic carbocycles. The van der Waals surface area contributed by atoms with Crippen LogP contribution in [0.5, 0.6) is 0 Å². The summed E-state index contributed by atoms with van der Waals surface area (Å²) in [4.78, 5) is 4.57. The number of fused-ring (bicyclic) bond motifs is 2. The highest BCUT2D eigenvalue weighted by molar-refractivity contribution is 9.10. The second kappa shape index (κ2) is 14.1. The molecule has 2 aromatic heterocycles. The topological polar surface area (TPSA) is 72.0 Å². The van der Waals surface area contributed by atoms with E-state index in [0.717, 1.165) is 12.1 Å². The second-order valence-corrected chi connectivity index (χ2v) is 11.2. The first kappa shape index (κ1) is 35.3. The first-order chi connectivity index (χ1) is 21.4. The lowest BCUT2D eigenvalue weighted by atomic mass is 9.80. The summed E-state index contributed by atoms with van der Waals surface area (Å²) in [5.74, 6) is -0.777. The Bertz CT molecular complexity index is 1920. The zero-order valence-corrected chi connectivity index (χ0v) is 25.8. The molecule has 0 amide bonds. The molecule has 0 atom stereocenters. The molecule has 6 aromatic rings. The van der Waals surface area contributed by atoms with Gasteiger partial charge in [0.1, 0.15) is 23.0 Å². The van der Waals surface area contributed by atoms with Gasteiger partial charge in [0.2, 0.25) is 0 Å². The van der Waals surface area contributed by atoms with Crippen molar-refractivity contribution in [2.45, 2.75) is 12.4 Å². The highest BCUT2D eigenvalue weighted by Gasteiger charge is 2.33. The molecule has 0 saturated carbocycles. The number of alkyl halides is 6. The fourth-order valence-corrected chi connectivity index (χ4v) is 4.87. The third-order valence-corrected chi connectivity index (χ3v) is 7.81. The van der Waals surface area contributed by atoms with Crippen molar-refractivity contribution < 1.29 is 45.2 Å². The molecule has 0 radical (unpaired) electrons. The Labute approximate surface area is 273 Å². The molecular formula is C30H18BBrCl2F8N2O2. The van der Waals surface area contributed by atoms with E-state index in [0.29, 0.717) is 52.9 Å². The Morgan fingerprint density at radius 2 is 1.04 bits per heavy atom. The van der Waals surface area contributed by atoms with Crippen molar-refractivity contribution >= 4 is 73.5 Å². The van der Waals surface area contributed by atoms with Crippen molar-refractivity contribution in [1.29, 1.82) is 0 Å². The Hall–Kier alpha value is -3.56. The monoisotopic (exact) mass is 750 g/mol. The van der Waals surface area contributed by atoms with E-state index in [9.17, 15) is 35.1 Å². The predicted octanol–water partition coefficient (Wildman–Crippen LogP) is 9.75. The Kier molecular flexibility index (Phi) is 10.8. The Morgan fingerprint density at radius 3 is 1.50 bits per heavy atom. The lowest BCUT2D eigenvalue weighted by molar-refractivity contribution is -0.141. The van der Waals surface area contributed by atoms with Crippen LogP contribution >= 0.6 is 39.1 Å². The largest absolute Gasteiger partial charge is 0.488 e. The van der Waals surface area contributed by atoms with Gasteiger partial charge in [-0.05, 0) is 87.6 Å². The zero-order chi connectivity index (χ0) is 34.0. The predicted molar refractivity (Wildman–Crippen MR) is 166 cm³/mol. The van der Waals surface area contributed by atoms with E-state index in [2.05, 4.69) is 25.9 Å². The van der Waals surface area contributed by atoms with E-state index in [1.165, 1.54) is 60.7 Å². The normalized spacial score (nSPS) is 11.6. The van der Waals surface area contributed by atoms with Crippen LogP contribution < -0.4 is 5.46 Å². The molecule has 0 aliphatic carbocycles. The first-order valence-electron chi connectivity index (χ1n) is 12.7. The highest BCUT2D eigenvalue weighted by atomic mass is 79.9. The van der Waals surface area contributed by atoms with E-state index >= 15 is 0 Å². The summed E-state index contributed by atoms with van der Waals surface area (Å²) in [6.45, 7) is 0. The third kappa shape index (κ3) is 8.82. The fraction of sp³-hybridized carbons (Fsp3) is 0.0667. The van der Waals surface area contributed by atoms with Crippen LogP contribution in [0.2, 0.25) is 10.0 Å². The van der Waals surface area contributed by atoms with Gasteiger partial charge in [-0.2, -0.15) is 26.3 Å². The molecule has 4 nitrogen and oxygen atoms in total. The molecule has 0 unspecified atom stereocenters. The molecule has 0 bridgehead atoms. The standard InChI is InChI=1S/C15H8ClF4N.C9H4BrClF3N.C6H6BFO2/c16-12-7-13-9(6-14(21-13)15(18,19)20)5-11(12)8-1-3-10(17)4-2-8;10-5-1-4-2-8(9(12,13)14)15-7(4)3-6(5)11;8-6-3-1-5(2-4-6)7(9)10/h1-7,21H;1-3,15H;1-4,9-10H. The second-order valence-electron chi connectivity index (χ2n) is 9.57. The van der Waals surface area contributed by atoms with E-state index in [4.69, 9.17) is 33.2 Å². The molecule has 0 aliphatic rings. The van der Waals surface area contributed by atoms with E-state index in [1.807, 2.05) is 0 Å². The van der Waals surface area contributed by atoms with E-state index in [-0.39, 0.29) is 5.82 Å². The minimum atomic E-state index is -4.44. The Morgan fingerprint density at radius 1 is 0.609 bits per heavy atom. The molecule has 6 rings (SSSR count). The number of hydrogen-bond donors (Lipinski definition) is 4. The number of aromatic amines is 2. The van der Waals surface area contributed by atoms with Crippen LogP contribution in [0.25, 0.3) is 32.9 Å². The minimum absolute atomic E-state index is 0.293. The third-order valence-electron chi connectivity index (χ3n) is 6.30. The number of hydrogen-bond acceptors (Lipinski definition) is 2. The molecule has 0 aliphatic heterocycles. The first-order valence-corrected chi connectivity index (χ1v) is 14.3. The van der Waals surface area contributed by atoms with Crippen molar-refractivity contribution in [3.05, 3.63) is 122 Å². The van der Waals surface area contributed by atoms with Crippen molar-refractivity contribution in [1.82, 2.24) is 9.97 Å². The van der Waals surface area contributed by atoms with Crippen molar-refractivity contribution in [2.75, 3.05) is 0 Å². The lowest BCUT2D eigenvalue weighted by Gasteiger charge is -2.05. The summed E-state index contributed by atoms with van der Waals surface area (Å²) in [5.41, 5.74) is 0.557. The average Bonchev–Trinajstić information content (AvgIpc) is 3.58. The van der Waals surface area contributed by atoms with Gasteiger partial charge in [0.05, 0.1) is 10.0 Å². The van der Waals surface area contributed by atoms with Crippen LogP contribution in [-0.4, -0.2) is 27.1 Å². The number of benzene rings is 4.